The predicted octanol–water partition coefficient (Wildman–Crippen LogP) is 2.15. The van der Waals surface area contributed by atoms with Crippen LogP contribution in [0.3, 0.4) is 0 Å². The van der Waals surface area contributed by atoms with Gasteiger partial charge in [0.25, 0.3) is 0 Å². The Morgan fingerprint density at radius 2 is 2.45 bits per heavy atom. The molecule has 2 heterocycles. The van der Waals surface area contributed by atoms with Crippen LogP contribution in [0.25, 0.3) is 11.4 Å². The Hall–Kier alpha value is -1.09. The van der Waals surface area contributed by atoms with Crippen LogP contribution in [-0.2, 0) is 7.05 Å². The number of hydrogen-bond acceptors (Lipinski definition) is 2. The zero-order valence-electron chi connectivity index (χ0n) is 6.19. The molecule has 2 nitrogen and oxygen atoms in total. The molecule has 0 spiro atoms. The molecule has 11 heavy (non-hydrogen) atoms. The van der Waals surface area contributed by atoms with Crippen LogP contribution < -0.4 is 0 Å². The minimum Gasteiger partial charge on any atom is -0.334 e. The van der Waals surface area contributed by atoms with E-state index in [2.05, 4.69) is 21.8 Å². The third-order valence-corrected chi connectivity index (χ3v) is 2.28. The number of nitrogens with zero attached hydrogens (tertiary/aromatic N) is 2. The van der Waals surface area contributed by atoms with Crippen molar-refractivity contribution < 1.29 is 0 Å². The second kappa shape index (κ2) is 2.51. The summed E-state index contributed by atoms with van der Waals surface area (Å²) in [6, 6.07) is 2.08. The summed E-state index contributed by atoms with van der Waals surface area (Å²) < 4.78 is 2.02. The lowest BCUT2D eigenvalue weighted by molar-refractivity contribution is 0.926. The molecule has 0 radical (unpaired) electrons. The minimum atomic E-state index is 1.03. The van der Waals surface area contributed by atoms with E-state index in [1.54, 1.807) is 11.3 Å². The maximum atomic E-state index is 4.23. The molecule has 0 amide bonds. The maximum Gasteiger partial charge on any atom is 0.140 e. The van der Waals surface area contributed by atoms with Gasteiger partial charge in [-0.3, -0.25) is 0 Å². The number of aryl methyl sites for hydroxylation is 1. The molecule has 0 atom stereocenters. The van der Waals surface area contributed by atoms with Gasteiger partial charge in [-0.05, 0) is 11.4 Å². The summed E-state index contributed by atoms with van der Waals surface area (Å²) in [6.45, 7) is 0. The Labute approximate surface area is 69.1 Å². The highest BCUT2D eigenvalue weighted by Crippen LogP contribution is 2.18. The lowest BCUT2D eigenvalue weighted by Gasteiger charge is -1.95. The number of imidazole rings is 1. The first-order valence-electron chi connectivity index (χ1n) is 3.38. The molecule has 0 aliphatic carbocycles. The van der Waals surface area contributed by atoms with Gasteiger partial charge in [0, 0.05) is 30.4 Å². The molecule has 0 saturated carbocycles. The molecule has 0 unspecified atom stereocenters. The third kappa shape index (κ3) is 1.07. The van der Waals surface area contributed by atoms with Crippen LogP contribution in [-0.4, -0.2) is 9.55 Å². The van der Waals surface area contributed by atoms with E-state index < -0.39 is 0 Å². The summed E-state index contributed by atoms with van der Waals surface area (Å²) >= 11 is 1.69. The Bertz CT molecular complexity index is 335. The van der Waals surface area contributed by atoms with E-state index in [0.717, 1.165) is 5.82 Å². The van der Waals surface area contributed by atoms with Gasteiger partial charge in [-0.15, -0.1) is 0 Å². The Balaban J connectivity index is 2.53. The lowest BCUT2D eigenvalue weighted by Crippen LogP contribution is -1.88. The van der Waals surface area contributed by atoms with E-state index in [-0.39, 0.29) is 0 Å². The zero-order chi connectivity index (χ0) is 7.68. The molecule has 0 fully saturated rings. The van der Waals surface area contributed by atoms with Crippen molar-refractivity contribution in [3.05, 3.63) is 29.2 Å². The highest BCUT2D eigenvalue weighted by atomic mass is 32.1. The smallest absolute Gasteiger partial charge is 0.140 e. The second-order valence-corrected chi connectivity index (χ2v) is 3.15. The van der Waals surface area contributed by atoms with E-state index in [1.807, 2.05) is 24.0 Å². The normalized spacial score (nSPS) is 10.3. The summed E-state index contributed by atoms with van der Waals surface area (Å²) in [5.41, 5.74) is 1.20. The van der Waals surface area contributed by atoms with Crippen LogP contribution in [0.15, 0.2) is 29.2 Å². The maximum absolute atomic E-state index is 4.23. The quantitative estimate of drug-likeness (QED) is 0.631. The molecule has 2 rings (SSSR count). The highest BCUT2D eigenvalue weighted by Gasteiger charge is 2.01. The fourth-order valence-electron chi connectivity index (χ4n) is 1.04. The van der Waals surface area contributed by atoms with E-state index >= 15 is 0 Å². The summed E-state index contributed by atoms with van der Waals surface area (Å²) in [7, 11) is 2.00. The first-order valence-corrected chi connectivity index (χ1v) is 4.32. The van der Waals surface area contributed by atoms with Crippen molar-refractivity contribution >= 4 is 11.3 Å². The topological polar surface area (TPSA) is 17.8 Å². The largest absolute Gasteiger partial charge is 0.334 e. The summed E-state index contributed by atoms with van der Waals surface area (Å²) in [6.07, 6.45) is 3.76. The lowest BCUT2D eigenvalue weighted by atomic mass is 10.3. The van der Waals surface area contributed by atoms with Crippen LogP contribution >= 0.6 is 11.3 Å². The van der Waals surface area contributed by atoms with Gasteiger partial charge in [-0.2, -0.15) is 11.3 Å². The fraction of sp³-hybridized carbons (Fsp3) is 0.125. The first kappa shape index (κ1) is 6.61. The van der Waals surface area contributed by atoms with Gasteiger partial charge < -0.3 is 4.57 Å². The van der Waals surface area contributed by atoms with E-state index in [4.69, 9.17) is 0 Å². The Kier molecular flexibility index (Phi) is 1.51. The van der Waals surface area contributed by atoms with E-state index in [9.17, 15) is 0 Å². The third-order valence-electron chi connectivity index (χ3n) is 1.60. The Morgan fingerprint density at radius 1 is 1.55 bits per heavy atom. The number of rotatable bonds is 1. The summed E-state index contributed by atoms with van der Waals surface area (Å²) in [5.74, 6) is 1.03. The SMILES string of the molecule is Cn1ccnc1-c1ccsc1. The minimum absolute atomic E-state index is 1.03. The van der Waals surface area contributed by atoms with Crippen molar-refractivity contribution in [1.29, 1.82) is 0 Å². The van der Waals surface area contributed by atoms with Crippen molar-refractivity contribution in [2.45, 2.75) is 0 Å². The van der Waals surface area contributed by atoms with Gasteiger partial charge in [-0.1, -0.05) is 0 Å². The van der Waals surface area contributed by atoms with E-state index in [0.29, 0.717) is 0 Å². The van der Waals surface area contributed by atoms with Crippen molar-refractivity contribution in [3.8, 4) is 11.4 Å². The monoisotopic (exact) mass is 164 g/mol. The van der Waals surface area contributed by atoms with Crippen molar-refractivity contribution in [3.63, 3.8) is 0 Å². The number of thiophene rings is 1. The van der Waals surface area contributed by atoms with E-state index in [1.165, 1.54) is 5.56 Å². The van der Waals surface area contributed by atoms with Gasteiger partial charge in [0.1, 0.15) is 5.82 Å². The molecule has 0 aromatic carbocycles. The van der Waals surface area contributed by atoms with Crippen molar-refractivity contribution in [2.24, 2.45) is 7.05 Å². The molecule has 2 aromatic rings. The molecule has 0 aliphatic heterocycles. The molecule has 0 N–H and O–H groups in total. The average Bonchev–Trinajstić information content (AvgIpc) is 2.55. The molecule has 56 valence electrons. The van der Waals surface area contributed by atoms with Crippen LogP contribution in [0, 0.1) is 0 Å². The first-order chi connectivity index (χ1) is 5.38. The average molecular weight is 164 g/mol. The van der Waals surface area contributed by atoms with Crippen molar-refractivity contribution in [2.75, 3.05) is 0 Å². The van der Waals surface area contributed by atoms with Gasteiger partial charge >= 0.3 is 0 Å². The molecule has 0 saturated heterocycles. The Morgan fingerprint density at radius 3 is 3.00 bits per heavy atom. The van der Waals surface area contributed by atoms with Crippen molar-refractivity contribution in [1.82, 2.24) is 9.55 Å². The highest BCUT2D eigenvalue weighted by molar-refractivity contribution is 7.08. The number of hydrogen-bond donors (Lipinski definition) is 0. The molecule has 2 aromatic heterocycles. The molecular formula is C8H8N2S. The molecule has 3 heteroatoms. The second-order valence-electron chi connectivity index (χ2n) is 2.37. The fourth-order valence-corrected chi connectivity index (χ4v) is 1.67. The summed E-state index contributed by atoms with van der Waals surface area (Å²) in [5, 5.41) is 4.16. The predicted molar refractivity (Wildman–Crippen MR) is 46.5 cm³/mol. The molecule has 0 bridgehead atoms. The van der Waals surface area contributed by atoms with Gasteiger partial charge in [0.15, 0.2) is 0 Å². The van der Waals surface area contributed by atoms with Crippen LogP contribution in [0.5, 0.6) is 0 Å². The zero-order valence-corrected chi connectivity index (χ0v) is 7.01. The van der Waals surface area contributed by atoms with Crippen LogP contribution in [0.1, 0.15) is 0 Å². The van der Waals surface area contributed by atoms with Gasteiger partial charge in [0.2, 0.25) is 0 Å². The molecule has 0 aliphatic rings. The number of aromatic nitrogens is 2. The van der Waals surface area contributed by atoms with Crippen LogP contribution in [0.4, 0.5) is 0 Å². The molecular weight excluding hydrogens is 156 g/mol. The summed E-state index contributed by atoms with van der Waals surface area (Å²) in [4.78, 5) is 4.23. The van der Waals surface area contributed by atoms with Gasteiger partial charge in [0.05, 0.1) is 0 Å². The van der Waals surface area contributed by atoms with Gasteiger partial charge in [-0.25, -0.2) is 4.98 Å². The standard InChI is InChI=1S/C8H8N2S/c1-10-4-3-9-8(10)7-2-5-11-6-7/h2-6H,1H3. The van der Waals surface area contributed by atoms with Crippen LogP contribution in [0.2, 0.25) is 0 Å².